The van der Waals surface area contributed by atoms with Crippen LogP contribution in [0.15, 0.2) is 0 Å². The molecule has 2 N–H and O–H groups in total. The summed E-state index contributed by atoms with van der Waals surface area (Å²) in [6.45, 7) is 5.38. The molecule has 0 aromatic carbocycles. The van der Waals surface area contributed by atoms with Gasteiger partial charge in [-0.05, 0) is 12.8 Å². The maximum absolute atomic E-state index is 12.1. The van der Waals surface area contributed by atoms with Crippen molar-refractivity contribution in [1.82, 2.24) is 15.1 Å². The molecular formula is C11H19N3O2. The van der Waals surface area contributed by atoms with Gasteiger partial charge in [-0.3, -0.25) is 0 Å². The quantitative estimate of drug-likeness (QED) is 0.582. The van der Waals surface area contributed by atoms with E-state index < -0.39 is 0 Å². The number of carbonyl (C=O) groups is 1. The molecule has 1 spiro atoms. The van der Waals surface area contributed by atoms with Gasteiger partial charge in [-0.1, -0.05) is 0 Å². The Kier molecular flexibility index (Phi) is 2.33. The second kappa shape index (κ2) is 3.60. The van der Waals surface area contributed by atoms with Crippen LogP contribution >= 0.6 is 0 Å². The lowest BCUT2D eigenvalue weighted by molar-refractivity contribution is -0.0253. The molecule has 2 amide bonds. The summed E-state index contributed by atoms with van der Waals surface area (Å²) in [5, 5.41) is 12.7. The Morgan fingerprint density at radius 2 is 1.81 bits per heavy atom. The van der Waals surface area contributed by atoms with Crippen molar-refractivity contribution in [2.45, 2.75) is 18.9 Å². The molecule has 5 nitrogen and oxygen atoms in total. The van der Waals surface area contributed by atoms with Crippen molar-refractivity contribution in [1.29, 1.82) is 0 Å². The molecular weight excluding hydrogens is 206 g/mol. The molecule has 0 unspecified atom stereocenters. The number of nitrogens with one attached hydrogen (secondary N) is 1. The summed E-state index contributed by atoms with van der Waals surface area (Å²) >= 11 is 0. The van der Waals surface area contributed by atoms with Gasteiger partial charge < -0.3 is 20.2 Å². The normalized spacial score (nSPS) is 28.8. The average molecular weight is 225 g/mol. The Bertz CT molecular complexity index is 288. The zero-order valence-electron chi connectivity index (χ0n) is 9.48. The lowest BCUT2D eigenvalue weighted by atomic mass is 9.74. The zero-order chi connectivity index (χ0) is 11.2. The first-order valence-electron chi connectivity index (χ1n) is 6.11. The fourth-order valence-electron chi connectivity index (χ4n) is 2.86. The van der Waals surface area contributed by atoms with Gasteiger partial charge in [-0.15, -0.1) is 0 Å². The van der Waals surface area contributed by atoms with Crippen LogP contribution in [-0.4, -0.2) is 66.3 Å². The molecule has 5 heteroatoms. The van der Waals surface area contributed by atoms with Crippen LogP contribution < -0.4 is 5.32 Å². The molecule has 3 saturated heterocycles. The first-order chi connectivity index (χ1) is 7.69. The molecule has 0 atom stereocenters. The van der Waals surface area contributed by atoms with Gasteiger partial charge in [0.25, 0.3) is 0 Å². The van der Waals surface area contributed by atoms with Gasteiger partial charge in [-0.25, -0.2) is 4.79 Å². The molecule has 3 aliphatic rings. The van der Waals surface area contributed by atoms with Gasteiger partial charge in [0.05, 0.1) is 6.10 Å². The number of hydrogen-bond donors (Lipinski definition) is 2. The SMILES string of the molecule is O=C(N1CCC(O)CC1)N1CC2(CNC2)C1. The summed E-state index contributed by atoms with van der Waals surface area (Å²) in [4.78, 5) is 15.9. The lowest BCUT2D eigenvalue weighted by Gasteiger charge is -2.56. The Labute approximate surface area is 95.4 Å². The molecule has 3 rings (SSSR count). The highest BCUT2D eigenvalue weighted by molar-refractivity contribution is 5.75. The molecule has 90 valence electrons. The highest BCUT2D eigenvalue weighted by Gasteiger charge is 2.50. The molecule has 0 bridgehead atoms. The summed E-state index contributed by atoms with van der Waals surface area (Å²) in [5.41, 5.74) is 0.408. The molecule has 0 aromatic rings. The standard InChI is InChI=1S/C11H19N3O2/c15-9-1-3-13(4-2-9)10(16)14-7-11(8-14)5-12-6-11/h9,12,15H,1-8H2. The van der Waals surface area contributed by atoms with Gasteiger partial charge in [0.15, 0.2) is 0 Å². The Hall–Kier alpha value is -0.810. The minimum atomic E-state index is -0.206. The van der Waals surface area contributed by atoms with Crippen LogP contribution in [0.1, 0.15) is 12.8 Å². The Morgan fingerprint density at radius 1 is 1.19 bits per heavy atom. The van der Waals surface area contributed by atoms with E-state index in [0.717, 1.165) is 39.0 Å². The number of likely N-dealkylation sites (tertiary alicyclic amines) is 2. The van der Waals surface area contributed by atoms with E-state index in [4.69, 9.17) is 0 Å². The second-order valence-electron chi connectivity index (χ2n) is 5.46. The van der Waals surface area contributed by atoms with Crippen molar-refractivity contribution in [2.75, 3.05) is 39.3 Å². The molecule has 16 heavy (non-hydrogen) atoms. The van der Waals surface area contributed by atoms with Crippen LogP contribution in [0.25, 0.3) is 0 Å². The number of amides is 2. The summed E-state index contributed by atoms with van der Waals surface area (Å²) in [5.74, 6) is 0. The largest absolute Gasteiger partial charge is 0.393 e. The third-order valence-corrected chi connectivity index (χ3v) is 4.06. The summed E-state index contributed by atoms with van der Waals surface area (Å²) < 4.78 is 0. The van der Waals surface area contributed by atoms with E-state index in [1.54, 1.807) is 0 Å². The van der Waals surface area contributed by atoms with Crippen LogP contribution in [0, 0.1) is 5.41 Å². The van der Waals surface area contributed by atoms with Crippen molar-refractivity contribution in [3.8, 4) is 0 Å². The van der Waals surface area contributed by atoms with Crippen molar-refractivity contribution < 1.29 is 9.90 Å². The van der Waals surface area contributed by atoms with E-state index in [-0.39, 0.29) is 12.1 Å². The molecule has 3 aliphatic heterocycles. The van der Waals surface area contributed by atoms with Gasteiger partial charge in [0.2, 0.25) is 0 Å². The summed E-state index contributed by atoms with van der Waals surface area (Å²) in [6, 6.07) is 0.171. The summed E-state index contributed by atoms with van der Waals surface area (Å²) in [6.07, 6.45) is 1.25. The number of carbonyl (C=O) groups excluding carboxylic acids is 1. The molecule has 3 fully saturated rings. The van der Waals surface area contributed by atoms with Crippen molar-refractivity contribution in [3.05, 3.63) is 0 Å². The summed E-state index contributed by atoms with van der Waals surface area (Å²) in [7, 11) is 0. The van der Waals surface area contributed by atoms with Gasteiger partial charge in [0.1, 0.15) is 0 Å². The fraction of sp³-hybridized carbons (Fsp3) is 0.909. The van der Waals surface area contributed by atoms with Crippen molar-refractivity contribution >= 4 is 6.03 Å². The topological polar surface area (TPSA) is 55.8 Å². The third-order valence-electron chi connectivity index (χ3n) is 4.06. The van der Waals surface area contributed by atoms with Crippen molar-refractivity contribution in [3.63, 3.8) is 0 Å². The van der Waals surface area contributed by atoms with Gasteiger partial charge in [0, 0.05) is 44.7 Å². The van der Waals surface area contributed by atoms with Crippen LogP contribution in [0.3, 0.4) is 0 Å². The minimum Gasteiger partial charge on any atom is -0.393 e. The molecule has 0 aromatic heterocycles. The first-order valence-corrected chi connectivity index (χ1v) is 6.11. The highest BCUT2D eigenvalue weighted by atomic mass is 16.3. The number of aliphatic hydroxyl groups is 1. The second-order valence-corrected chi connectivity index (χ2v) is 5.46. The van der Waals surface area contributed by atoms with E-state index in [2.05, 4.69) is 5.32 Å². The zero-order valence-corrected chi connectivity index (χ0v) is 9.48. The van der Waals surface area contributed by atoms with E-state index in [1.807, 2.05) is 9.80 Å². The van der Waals surface area contributed by atoms with Crippen LogP contribution in [0.5, 0.6) is 0 Å². The molecule has 0 saturated carbocycles. The molecule has 0 aliphatic carbocycles. The first kappa shape index (κ1) is 10.4. The molecule has 0 radical (unpaired) electrons. The minimum absolute atomic E-state index is 0.171. The number of hydrogen-bond acceptors (Lipinski definition) is 3. The smallest absolute Gasteiger partial charge is 0.320 e. The number of nitrogens with zero attached hydrogens (tertiary/aromatic N) is 2. The monoisotopic (exact) mass is 225 g/mol. The average Bonchev–Trinajstić information content (AvgIpc) is 2.14. The van der Waals surface area contributed by atoms with Crippen LogP contribution in [0.2, 0.25) is 0 Å². The number of piperidine rings is 1. The van der Waals surface area contributed by atoms with Gasteiger partial charge in [-0.2, -0.15) is 0 Å². The number of aliphatic hydroxyl groups excluding tert-OH is 1. The van der Waals surface area contributed by atoms with E-state index in [1.165, 1.54) is 0 Å². The van der Waals surface area contributed by atoms with Crippen LogP contribution in [0.4, 0.5) is 4.79 Å². The van der Waals surface area contributed by atoms with Gasteiger partial charge >= 0.3 is 6.03 Å². The van der Waals surface area contributed by atoms with E-state index in [0.29, 0.717) is 18.5 Å². The Morgan fingerprint density at radius 3 is 2.31 bits per heavy atom. The maximum atomic E-state index is 12.1. The predicted octanol–water partition coefficient (Wildman–Crippen LogP) is -0.532. The third kappa shape index (κ3) is 1.58. The lowest BCUT2D eigenvalue weighted by Crippen LogP contribution is -2.73. The predicted molar refractivity (Wildman–Crippen MR) is 59.1 cm³/mol. The van der Waals surface area contributed by atoms with Crippen LogP contribution in [-0.2, 0) is 0 Å². The fourth-order valence-corrected chi connectivity index (χ4v) is 2.86. The van der Waals surface area contributed by atoms with E-state index >= 15 is 0 Å². The van der Waals surface area contributed by atoms with E-state index in [9.17, 15) is 9.90 Å². The molecule has 3 heterocycles. The Balaban J connectivity index is 1.50. The number of urea groups is 1. The number of rotatable bonds is 0. The maximum Gasteiger partial charge on any atom is 0.320 e. The van der Waals surface area contributed by atoms with Crippen molar-refractivity contribution in [2.24, 2.45) is 5.41 Å². The highest BCUT2D eigenvalue weighted by Crippen LogP contribution is 2.34.